The smallest absolute Gasteiger partial charge is 0.387 e. The SMILES string of the molecule is O=C(NCCc1ccc(OC(F)F)cc1)Nc1ccc([N+](=O)[O-])cc1. The van der Waals surface area contributed by atoms with Gasteiger partial charge in [0.2, 0.25) is 0 Å². The number of urea groups is 1. The molecule has 2 N–H and O–H groups in total. The molecule has 2 aromatic rings. The van der Waals surface area contributed by atoms with Gasteiger partial charge in [0.25, 0.3) is 5.69 Å². The first-order valence-electron chi connectivity index (χ1n) is 7.27. The molecule has 2 rings (SSSR count). The number of halogens is 2. The van der Waals surface area contributed by atoms with Crippen LogP contribution in [0.2, 0.25) is 0 Å². The Bertz CT molecular complexity index is 721. The van der Waals surface area contributed by atoms with Crippen LogP contribution in [0.4, 0.5) is 25.0 Å². The number of nitro benzene ring substituents is 1. The minimum Gasteiger partial charge on any atom is -0.435 e. The van der Waals surface area contributed by atoms with Crippen LogP contribution in [0.1, 0.15) is 5.56 Å². The second-order valence-corrected chi connectivity index (χ2v) is 4.96. The summed E-state index contributed by atoms with van der Waals surface area (Å²) in [5.74, 6) is 0.0719. The quantitative estimate of drug-likeness (QED) is 0.589. The molecule has 0 spiro atoms. The van der Waals surface area contributed by atoms with Crippen LogP contribution in [0, 0.1) is 10.1 Å². The third kappa shape index (κ3) is 6.05. The third-order valence-electron chi connectivity index (χ3n) is 3.18. The normalized spacial score (nSPS) is 10.4. The molecule has 0 heterocycles. The fourth-order valence-electron chi connectivity index (χ4n) is 2.00. The van der Waals surface area contributed by atoms with Crippen LogP contribution in [-0.4, -0.2) is 24.1 Å². The molecule has 0 atom stereocenters. The third-order valence-corrected chi connectivity index (χ3v) is 3.18. The molecule has 7 nitrogen and oxygen atoms in total. The number of ether oxygens (including phenoxy) is 1. The largest absolute Gasteiger partial charge is 0.435 e. The molecular formula is C16H15F2N3O4. The number of rotatable bonds is 7. The lowest BCUT2D eigenvalue weighted by atomic mass is 10.1. The van der Waals surface area contributed by atoms with Crippen molar-refractivity contribution in [3.63, 3.8) is 0 Å². The van der Waals surface area contributed by atoms with E-state index in [9.17, 15) is 23.7 Å². The van der Waals surface area contributed by atoms with Crippen LogP contribution in [0.15, 0.2) is 48.5 Å². The number of amides is 2. The summed E-state index contributed by atoms with van der Waals surface area (Å²) in [7, 11) is 0. The van der Waals surface area contributed by atoms with E-state index in [0.29, 0.717) is 18.7 Å². The molecule has 2 amide bonds. The van der Waals surface area contributed by atoms with Gasteiger partial charge in [-0.2, -0.15) is 8.78 Å². The first-order chi connectivity index (χ1) is 11.9. The lowest BCUT2D eigenvalue weighted by molar-refractivity contribution is -0.384. The number of benzene rings is 2. The van der Waals surface area contributed by atoms with Crippen molar-refractivity contribution in [2.24, 2.45) is 0 Å². The van der Waals surface area contributed by atoms with Gasteiger partial charge in [-0.3, -0.25) is 10.1 Å². The molecule has 0 aliphatic rings. The maximum absolute atomic E-state index is 12.0. The van der Waals surface area contributed by atoms with Gasteiger partial charge >= 0.3 is 12.6 Å². The minimum absolute atomic E-state index is 0.0646. The standard InChI is InChI=1S/C16H15F2N3O4/c17-15(18)25-14-7-1-11(2-8-14)9-10-19-16(22)20-12-3-5-13(6-4-12)21(23)24/h1-8,15H,9-10H2,(H2,19,20,22). The van der Waals surface area contributed by atoms with Gasteiger partial charge in [-0.15, -0.1) is 0 Å². The van der Waals surface area contributed by atoms with E-state index in [2.05, 4.69) is 15.4 Å². The Kier molecular flexibility index (Phi) is 6.21. The van der Waals surface area contributed by atoms with E-state index in [1.807, 2.05) is 0 Å². The van der Waals surface area contributed by atoms with E-state index in [1.54, 1.807) is 12.1 Å². The fourth-order valence-corrected chi connectivity index (χ4v) is 2.00. The number of nitrogens with zero attached hydrogens (tertiary/aromatic N) is 1. The molecule has 0 aliphatic carbocycles. The van der Waals surface area contributed by atoms with Gasteiger partial charge in [-0.25, -0.2) is 4.79 Å². The van der Waals surface area contributed by atoms with E-state index in [4.69, 9.17) is 0 Å². The monoisotopic (exact) mass is 351 g/mol. The maximum atomic E-state index is 12.0. The number of hydrogen-bond acceptors (Lipinski definition) is 4. The van der Waals surface area contributed by atoms with Crippen LogP contribution in [0.5, 0.6) is 5.75 Å². The number of nitro groups is 1. The second kappa shape index (κ2) is 8.57. The molecule has 0 fully saturated rings. The average molecular weight is 351 g/mol. The molecule has 0 bridgehead atoms. The maximum Gasteiger partial charge on any atom is 0.387 e. The van der Waals surface area contributed by atoms with E-state index in [0.717, 1.165) is 5.56 Å². The number of carbonyl (C=O) groups is 1. The predicted molar refractivity (Wildman–Crippen MR) is 86.9 cm³/mol. The summed E-state index contributed by atoms with van der Waals surface area (Å²) < 4.78 is 28.3. The van der Waals surface area contributed by atoms with Crippen molar-refractivity contribution >= 4 is 17.4 Å². The van der Waals surface area contributed by atoms with Gasteiger partial charge < -0.3 is 15.4 Å². The van der Waals surface area contributed by atoms with Crippen molar-refractivity contribution in [2.45, 2.75) is 13.0 Å². The van der Waals surface area contributed by atoms with Crippen molar-refractivity contribution in [2.75, 3.05) is 11.9 Å². The van der Waals surface area contributed by atoms with Gasteiger partial charge in [-0.05, 0) is 36.2 Å². The Hall–Kier alpha value is -3.23. The van der Waals surface area contributed by atoms with E-state index < -0.39 is 17.6 Å². The van der Waals surface area contributed by atoms with Crippen molar-refractivity contribution in [3.8, 4) is 5.75 Å². The van der Waals surface area contributed by atoms with Crippen LogP contribution in [-0.2, 0) is 6.42 Å². The molecular weight excluding hydrogens is 336 g/mol. The van der Waals surface area contributed by atoms with Gasteiger partial charge in [0.05, 0.1) is 4.92 Å². The molecule has 0 aliphatic heterocycles. The van der Waals surface area contributed by atoms with Gasteiger partial charge in [0, 0.05) is 24.4 Å². The van der Waals surface area contributed by atoms with Crippen molar-refractivity contribution in [3.05, 3.63) is 64.2 Å². The summed E-state index contributed by atoms with van der Waals surface area (Å²) in [6, 6.07) is 11.1. The lowest BCUT2D eigenvalue weighted by Crippen LogP contribution is -2.30. The molecule has 132 valence electrons. The number of anilines is 1. The Labute approximate surface area is 141 Å². The van der Waals surface area contributed by atoms with Crippen LogP contribution < -0.4 is 15.4 Å². The van der Waals surface area contributed by atoms with Crippen molar-refractivity contribution in [1.82, 2.24) is 5.32 Å². The van der Waals surface area contributed by atoms with Crippen LogP contribution in [0.3, 0.4) is 0 Å². The first-order valence-corrected chi connectivity index (χ1v) is 7.27. The van der Waals surface area contributed by atoms with Gasteiger partial charge in [0.1, 0.15) is 5.75 Å². The Morgan fingerprint density at radius 3 is 2.32 bits per heavy atom. The summed E-state index contributed by atoms with van der Waals surface area (Å²) in [6.07, 6.45) is 0.503. The Balaban J connectivity index is 1.75. The van der Waals surface area contributed by atoms with E-state index in [-0.39, 0.29) is 11.4 Å². The molecule has 0 unspecified atom stereocenters. The highest BCUT2D eigenvalue weighted by atomic mass is 19.3. The summed E-state index contributed by atoms with van der Waals surface area (Å²) >= 11 is 0. The van der Waals surface area contributed by atoms with E-state index in [1.165, 1.54) is 36.4 Å². The van der Waals surface area contributed by atoms with Gasteiger partial charge in [0.15, 0.2) is 0 Å². The first kappa shape index (κ1) is 18.1. The molecule has 25 heavy (non-hydrogen) atoms. The molecule has 9 heteroatoms. The summed E-state index contributed by atoms with van der Waals surface area (Å²) in [4.78, 5) is 21.8. The molecule has 0 aromatic heterocycles. The highest BCUT2D eigenvalue weighted by Crippen LogP contribution is 2.16. The molecule has 0 radical (unpaired) electrons. The molecule has 0 saturated carbocycles. The Morgan fingerprint density at radius 2 is 1.76 bits per heavy atom. The summed E-state index contributed by atoms with van der Waals surface area (Å²) in [5, 5.41) is 15.7. The van der Waals surface area contributed by atoms with Crippen LogP contribution >= 0.6 is 0 Å². The van der Waals surface area contributed by atoms with Gasteiger partial charge in [-0.1, -0.05) is 12.1 Å². The zero-order valence-electron chi connectivity index (χ0n) is 12.9. The van der Waals surface area contributed by atoms with Crippen molar-refractivity contribution in [1.29, 1.82) is 0 Å². The van der Waals surface area contributed by atoms with E-state index >= 15 is 0 Å². The number of nitrogens with one attached hydrogen (secondary N) is 2. The molecule has 0 saturated heterocycles. The summed E-state index contributed by atoms with van der Waals surface area (Å²) in [6.45, 7) is -2.54. The number of non-ortho nitro benzene ring substituents is 1. The zero-order chi connectivity index (χ0) is 18.2. The predicted octanol–water partition coefficient (Wildman–Crippen LogP) is 3.56. The number of hydrogen-bond donors (Lipinski definition) is 2. The highest BCUT2D eigenvalue weighted by Gasteiger charge is 2.07. The second-order valence-electron chi connectivity index (χ2n) is 4.96. The topological polar surface area (TPSA) is 93.5 Å². The van der Waals surface area contributed by atoms with Crippen molar-refractivity contribution < 1.29 is 23.2 Å². The summed E-state index contributed by atoms with van der Waals surface area (Å²) in [5.41, 5.74) is 1.21. The van der Waals surface area contributed by atoms with Crippen LogP contribution in [0.25, 0.3) is 0 Å². The molecule has 2 aromatic carbocycles. The minimum atomic E-state index is -2.87. The highest BCUT2D eigenvalue weighted by molar-refractivity contribution is 5.89. The fraction of sp³-hybridized carbons (Fsp3) is 0.188. The zero-order valence-corrected chi connectivity index (χ0v) is 12.9. The average Bonchev–Trinajstić information content (AvgIpc) is 2.56. The number of alkyl halides is 2. The number of carbonyl (C=O) groups excluding carboxylic acids is 1. The Morgan fingerprint density at radius 1 is 1.12 bits per heavy atom. The lowest BCUT2D eigenvalue weighted by Gasteiger charge is -2.08.